The molecule has 1 saturated heterocycles. The van der Waals surface area contributed by atoms with Crippen LogP contribution in [0, 0.1) is 10.8 Å². The predicted molar refractivity (Wildman–Crippen MR) is 41.2 cm³/mol. The van der Waals surface area contributed by atoms with Gasteiger partial charge in [0.2, 0.25) is 5.91 Å². The summed E-state index contributed by atoms with van der Waals surface area (Å²) in [6.45, 7) is 2.35. The van der Waals surface area contributed by atoms with Gasteiger partial charge < -0.3 is 4.90 Å². The number of nitroso groups, excluding NO2 is 1. The highest BCUT2D eigenvalue weighted by molar-refractivity contribution is 5.81. The Kier molecular flexibility index (Phi) is 2.52. The maximum Gasteiger partial charge on any atom is 0.291 e. The molecule has 1 aliphatic heterocycles. The van der Waals surface area contributed by atoms with Crippen molar-refractivity contribution in [1.29, 1.82) is 0 Å². The Hall–Kier alpha value is -1.26. The van der Waals surface area contributed by atoms with Gasteiger partial charge >= 0.3 is 0 Å². The number of rotatable bonds is 1. The van der Waals surface area contributed by atoms with E-state index in [0.717, 1.165) is 0 Å². The lowest BCUT2D eigenvalue weighted by atomic mass is 10.1. The van der Waals surface area contributed by atoms with Crippen LogP contribution >= 0.6 is 0 Å². The van der Waals surface area contributed by atoms with E-state index in [1.54, 1.807) is 4.90 Å². The highest BCUT2D eigenvalue weighted by Crippen LogP contribution is 2.17. The monoisotopic (exact) mass is 170 g/mol. The zero-order valence-electron chi connectivity index (χ0n) is 6.82. The molecule has 1 heterocycles. The van der Waals surface area contributed by atoms with Gasteiger partial charge in [-0.25, -0.2) is 0 Å². The molecular weight excluding hydrogens is 160 g/mol. The van der Waals surface area contributed by atoms with Gasteiger partial charge in [0.15, 0.2) is 0 Å². The van der Waals surface area contributed by atoms with Crippen molar-refractivity contribution in [2.24, 2.45) is 11.1 Å². The van der Waals surface area contributed by atoms with Crippen LogP contribution < -0.4 is 0 Å². The first-order valence-corrected chi connectivity index (χ1v) is 3.78. The second-order valence-electron chi connectivity index (χ2n) is 2.88. The van der Waals surface area contributed by atoms with E-state index in [1.807, 2.05) is 0 Å². The number of hydrogen-bond acceptors (Lipinski definition) is 3. The molecule has 1 fully saturated rings. The molecule has 0 spiro atoms. The second-order valence-corrected chi connectivity index (χ2v) is 2.88. The fraction of sp³-hybridized carbons (Fsp3) is 0.714. The van der Waals surface area contributed by atoms with Crippen molar-refractivity contribution >= 4 is 11.8 Å². The largest absolute Gasteiger partial charge is 0.342 e. The Morgan fingerprint density at radius 1 is 1.50 bits per heavy atom. The molecule has 5 heteroatoms. The lowest BCUT2D eigenvalue weighted by Gasteiger charge is -2.11. The number of carbonyl (C=O) groups is 2. The SMILES string of the molecule is CC(=O)N1CCC(C(=O)N=O)C1. The van der Waals surface area contributed by atoms with E-state index in [9.17, 15) is 14.5 Å². The maximum absolute atomic E-state index is 10.8. The topological polar surface area (TPSA) is 66.8 Å². The smallest absolute Gasteiger partial charge is 0.291 e. The minimum absolute atomic E-state index is 0.0591. The minimum atomic E-state index is -0.640. The molecule has 0 radical (unpaired) electrons. The normalized spacial score (nSPS) is 22.4. The Morgan fingerprint density at radius 2 is 2.17 bits per heavy atom. The second kappa shape index (κ2) is 3.42. The van der Waals surface area contributed by atoms with Crippen LogP contribution in [0.25, 0.3) is 0 Å². The third-order valence-corrected chi connectivity index (χ3v) is 2.07. The van der Waals surface area contributed by atoms with Gasteiger partial charge in [-0.1, -0.05) is 0 Å². The average molecular weight is 170 g/mol. The minimum Gasteiger partial charge on any atom is -0.342 e. The van der Waals surface area contributed by atoms with Gasteiger partial charge in [0.25, 0.3) is 5.91 Å². The fourth-order valence-corrected chi connectivity index (χ4v) is 1.32. The van der Waals surface area contributed by atoms with Crippen LogP contribution in [0.2, 0.25) is 0 Å². The molecule has 1 aliphatic rings. The highest BCUT2D eigenvalue weighted by Gasteiger charge is 2.29. The summed E-state index contributed by atoms with van der Waals surface area (Å²) in [5.41, 5.74) is 0. The lowest BCUT2D eigenvalue weighted by Crippen LogP contribution is -2.27. The number of likely N-dealkylation sites (tertiary alicyclic amines) is 1. The van der Waals surface area contributed by atoms with Crippen molar-refractivity contribution in [3.8, 4) is 0 Å². The summed E-state index contributed by atoms with van der Waals surface area (Å²) < 4.78 is 0. The predicted octanol–water partition coefficient (Wildman–Crippen LogP) is 0.148. The number of amides is 2. The Bertz CT molecular complexity index is 227. The molecule has 0 N–H and O–H groups in total. The maximum atomic E-state index is 10.8. The summed E-state index contributed by atoms with van der Waals surface area (Å²) >= 11 is 0. The van der Waals surface area contributed by atoms with Crippen molar-refractivity contribution in [1.82, 2.24) is 4.90 Å². The Balaban J connectivity index is 2.50. The van der Waals surface area contributed by atoms with Crippen LogP contribution in [0.3, 0.4) is 0 Å². The third-order valence-electron chi connectivity index (χ3n) is 2.07. The molecule has 0 aliphatic carbocycles. The zero-order valence-corrected chi connectivity index (χ0v) is 6.82. The summed E-state index contributed by atoms with van der Waals surface area (Å²) in [5, 5.41) is 2.34. The van der Waals surface area contributed by atoms with Crippen LogP contribution in [0.15, 0.2) is 5.18 Å². The van der Waals surface area contributed by atoms with Crippen molar-refractivity contribution in [2.45, 2.75) is 13.3 Å². The van der Waals surface area contributed by atoms with Gasteiger partial charge in [-0.2, -0.15) is 0 Å². The molecule has 66 valence electrons. The van der Waals surface area contributed by atoms with Crippen LogP contribution in [0.1, 0.15) is 13.3 Å². The summed E-state index contributed by atoms with van der Waals surface area (Å²) in [7, 11) is 0. The van der Waals surface area contributed by atoms with Gasteiger partial charge in [0.05, 0.1) is 5.92 Å². The first-order chi connectivity index (χ1) is 5.65. The summed E-state index contributed by atoms with van der Waals surface area (Å²) in [4.78, 5) is 33.0. The zero-order chi connectivity index (χ0) is 9.14. The highest BCUT2D eigenvalue weighted by atomic mass is 16.3. The molecule has 0 bridgehead atoms. The van der Waals surface area contributed by atoms with Gasteiger partial charge in [-0.05, 0) is 6.42 Å². The Morgan fingerprint density at radius 3 is 2.58 bits per heavy atom. The first kappa shape index (κ1) is 8.83. The van der Waals surface area contributed by atoms with Gasteiger partial charge in [-0.15, -0.1) is 4.91 Å². The molecule has 5 nitrogen and oxygen atoms in total. The van der Waals surface area contributed by atoms with Crippen molar-refractivity contribution in [2.75, 3.05) is 13.1 Å². The number of hydrogen-bond donors (Lipinski definition) is 0. The molecule has 1 unspecified atom stereocenters. The lowest BCUT2D eigenvalue weighted by molar-refractivity contribution is -0.128. The van der Waals surface area contributed by atoms with Crippen LogP contribution in [-0.2, 0) is 9.59 Å². The van der Waals surface area contributed by atoms with Crippen molar-refractivity contribution in [3.05, 3.63) is 4.91 Å². The van der Waals surface area contributed by atoms with Crippen molar-refractivity contribution < 1.29 is 9.59 Å². The standard InChI is InChI=1S/C7H10N2O3/c1-5(10)9-3-2-6(4-9)7(11)8-12/h6H,2-4H2,1H3. The fourth-order valence-electron chi connectivity index (χ4n) is 1.32. The van der Waals surface area contributed by atoms with E-state index in [-0.39, 0.29) is 11.8 Å². The summed E-state index contributed by atoms with van der Waals surface area (Å²) in [6.07, 6.45) is 0.560. The van der Waals surface area contributed by atoms with Gasteiger partial charge in [0.1, 0.15) is 0 Å². The number of nitrogens with zero attached hydrogens (tertiary/aromatic N) is 2. The quantitative estimate of drug-likeness (QED) is 0.526. The molecule has 12 heavy (non-hydrogen) atoms. The molecule has 0 aromatic heterocycles. The Labute approximate surface area is 69.7 Å². The van der Waals surface area contributed by atoms with Crippen LogP contribution in [0.4, 0.5) is 0 Å². The van der Waals surface area contributed by atoms with E-state index >= 15 is 0 Å². The molecule has 2 amide bonds. The van der Waals surface area contributed by atoms with E-state index < -0.39 is 5.91 Å². The van der Waals surface area contributed by atoms with Crippen LogP contribution in [0.5, 0.6) is 0 Å². The molecule has 1 rings (SSSR count). The molecule has 0 saturated carbocycles. The summed E-state index contributed by atoms with van der Waals surface area (Å²) in [5.74, 6) is -1.07. The van der Waals surface area contributed by atoms with Crippen LogP contribution in [-0.4, -0.2) is 29.8 Å². The van der Waals surface area contributed by atoms with E-state index in [0.29, 0.717) is 19.5 Å². The van der Waals surface area contributed by atoms with Gasteiger partial charge in [0, 0.05) is 25.2 Å². The molecule has 1 atom stereocenters. The van der Waals surface area contributed by atoms with Gasteiger partial charge in [-0.3, -0.25) is 9.59 Å². The van der Waals surface area contributed by atoms with E-state index in [1.165, 1.54) is 6.92 Å². The van der Waals surface area contributed by atoms with E-state index in [2.05, 4.69) is 5.18 Å². The number of carbonyl (C=O) groups excluding carboxylic acids is 2. The average Bonchev–Trinajstić information content (AvgIpc) is 2.51. The van der Waals surface area contributed by atoms with E-state index in [4.69, 9.17) is 0 Å². The molecule has 0 aromatic carbocycles. The molecule has 0 aromatic rings. The summed E-state index contributed by atoms with van der Waals surface area (Å²) in [6, 6.07) is 0. The molecular formula is C7H10N2O3. The van der Waals surface area contributed by atoms with Crippen molar-refractivity contribution in [3.63, 3.8) is 0 Å². The third kappa shape index (κ3) is 1.66. The first-order valence-electron chi connectivity index (χ1n) is 3.78.